The zero-order valence-electron chi connectivity index (χ0n) is 19.3. The molecule has 0 amide bonds. The summed E-state index contributed by atoms with van der Waals surface area (Å²) in [5, 5.41) is 8.69. The van der Waals surface area contributed by atoms with Crippen LogP contribution < -0.4 is 10.6 Å². The number of anilines is 2. The average molecular weight is 441 g/mol. The number of nitrogen functional groups attached to an aromatic ring is 1. The lowest BCUT2D eigenvalue weighted by Gasteiger charge is -2.28. The third-order valence-corrected chi connectivity index (χ3v) is 5.16. The van der Waals surface area contributed by atoms with Crippen LogP contribution in [0, 0.1) is 0 Å². The lowest BCUT2D eigenvalue weighted by Crippen LogP contribution is -2.37. The molecule has 1 unspecified atom stereocenters. The van der Waals surface area contributed by atoms with E-state index in [2.05, 4.69) is 30.9 Å². The summed E-state index contributed by atoms with van der Waals surface area (Å²) < 4.78 is 28.0. The largest absolute Gasteiger partial charge is 0.398 e. The number of aliphatic hydroxyl groups excluding tert-OH is 1. The zero-order valence-corrected chi connectivity index (χ0v) is 19.3. The van der Waals surface area contributed by atoms with Crippen molar-refractivity contribution < 1.29 is 28.8 Å². The number of aliphatic hydroxyl groups is 1. The van der Waals surface area contributed by atoms with Gasteiger partial charge in [0.25, 0.3) is 0 Å². The molecule has 1 aliphatic rings. The van der Waals surface area contributed by atoms with Crippen LogP contribution in [0.2, 0.25) is 0 Å². The van der Waals surface area contributed by atoms with Crippen molar-refractivity contribution in [1.82, 2.24) is 0 Å². The Kier molecular flexibility index (Phi) is 12.2. The highest BCUT2D eigenvalue weighted by molar-refractivity contribution is 5.67. The van der Waals surface area contributed by atoms with Crippen LogP contribution in [0.3, 0.4) is 0 Å². The summed E-state index contributed by atoms with van der Waals surface area (Å²) >= 11 is 0. The Labute approximate surface area is 186 Å². The van der Waals surface area contributed by atoms with Gasteiger partial charge < -0.3 is 39.4 Å². The number of rotatable bonds is 17. The molecule has 8 nitrogen and oxygen atoms in total. The van der Waals surface area contributed by atoms with E-state index in [1.165, 1.54) is 11.3 Å². The molecule has 0 spiro atoms. The first-order chi connectivity index (χ1) is 15.1. The van der Waals surface area contributed by atoms with Gasteiger partial charge in [-0.25, -0.2) is 0 Å². The van der Waals surface area contributed by atoms with Crippen LogP contribution >= 0.6 is 0 Å². The second-order valence-corrected chi connectivity index (χ2v) is 7.75. The molecule has 0 bridgehead atoms. The fourth-order valence-electron chi connectivity index (χ4n) is 3.62. The summed E-state index contributed by atoms with van der Waals surface area (Å²) in [6.45, 7) is 11.8. The van der Waals surface area contributed by atoms with Gasteiger partial charge in [0.05, 0.1) is 59.5 Å². The van der Waals surface area contributed by atoms with Crippen LogP contribution in [0.15, 0.2) is 12.1 Å². The Morgan fingerprint density at radius 3 is 2.29 bits per heavy atom. The molecule has 3 N–H and O–H groups in total. The van der Waals surface area contributed by atoms with Crippen LogP contribution in [-0.4, -0.2) is 83.9 Å². The first kappa shape index (κ1) is 25.8. The minimum absolute atomic E-state index is 0.0273. The van der Waals surface area contributed by atoms with Crippen molar-refractivity contribution in [3.63, 3.8) is 0 Å². The zero-order chi connectivity index (χ0) is 22.5. The molecule has 178 valence electrons. The highest BCUT2D eigenvalue weighted by atomic mass is 16.6. The highest BCUT2D eigenvalue weighted by Gasteiger charge is 2.31. The molecule has 1 heterocycles. The minimum Gasteiger partial charge on any atom is -0.398 e. The summed E-state index contributed by atoms with van der Waals surface area (Å²) in [4.78, 5) is 2.27. The first-order valence-electron chi connectivity index (χ1n) is 11.3. The van der Waals surface area contributed by atoms with E-state index in [1.807, 2.05) is 6.92 Å². The molecule has 8 heteroatoms. The van der Waals surface area contributed by atoms with Crippen LogP contribution in [0.1, 0.15) is 37.8 Å². The van der Waals surface area contributed by atoms with Gasteiger partial charge >= 0.3 is 0 Å². The van der Waals surface area contributed by atoms with Gasteiger partial charge in [0.1, 0.15) is 6.23 Å². The van der Waals surface area contributed by atoms with Gasteiger partial charge in [0, 0.05) is 30.9 Å². The van der Waals surface area contributed by atoms with Gasteiger partial charge in [-0.05, 0) is 36.1 Å². The molecule has 1 aromatic carbocycles. The predicted molar refractivity (Wildman–Crippen MR) is 122 cm³/mol. The van der Waals surface area contributed by atoms with Gasteiger partial charge in [-0.2, -0.15) is 0 Å². The highest BCUT2D eigenvalue weighted by Crippen LogP contribution is 2.38. The maximum Gasteiger partial charge on any atom is 0.134 e. The van der Waals surface area contributed by atoms with Crippen molar-refractivity contribution >= 4 is 11.4 Å². The summed E-state index contributed by atoms with van der Waals surface area (Å²) in [5.74, 6) is 0.357. The molecule has 0 radical (unpaired) electrons. The van der Waals surface area contributed by atoms with Crippen molar-refractivity contribution in [1.29, 1.82) is 0 Å². The van der Waals surface area contributed by atoms with E-state index in [0.717, 1.165) is 24.2 Å². The van der Waals surface area contributed by atoms with E-state index in [-0.39, 0.29) is 12.8 Å². The minimum atomic E-state index is -0.0680. The molecule has 0 aliphatic carbocycles. The molecule has 31 heavy (non-hydrogen) atoms. The molecule has 1 aliphatic heterocycles. The van der Waals surface area contributed by atoms with Crippen LogP contribution in [0.5, 0.6) is 0 Å². The third-order valence-electron chi connectivity index (χ3n) is 5.16. The van der Waals surface area contributed by atoms with Gasteiger partial charge in [-0.1, -0.05) is 13.8 Å². The van der Waals surface area contributed by atoms with Gasteiger partial charge in [-0.3, -0.25) is 0 Å². The smallest absolute Gasteiger partial charge is 0.134 e. The summed E-state index contributed by atoms with van der Waals surface area (Å²) in [6.07, 6.45) is 0.720. The molecule has 1 atom stereocenters. The maximum atomic E-state index is 8.69. The standard InChI is InChI=1S/C23H40N2O6/c1-4-27-9-10-28-7-5-25-22-17-20(18(2)3)21(24)15-19(22)16-23(25)31-14-13-30-12-11-29-8-6-26/h15,17-18,23,26H,4-14,16,24H2,1-3H3. The van der Waals surface area contributed by atoms with Crippen LogP contribution in [0.25, 0.3) is 0 Å². The second-order valence-electron chi connectivity index (χ2n) is 7.75. The average Bonchev–Trinajstić information content (AvgIpc) is 3.07. The fraction of sp³-hybridized carbons (Fsp3) is 0.739. The normalized spacial score (nSPS) is 15.8. The Bertz CT molecular complexity index is 628. The van der Waals surface area contributed by atoms with E-state index >= 15 is 0 Å². The van der Waals surface area contributed by atoms with Crippen molar-refractivity contribution in [2.45, 2.75) is 39.3 Å². The maximum absolute atomic E-state index is 8.69. The lowest BCUT2D eigenvalue weighted by atomic mass is 9.98. The number of benzene rings is 1. The number of hydrogen-bond donors (Lipinski definition) is 2. The number of fused-ring (bicyclic) bond motifs is 1. The number of ether oxygens (including phenoxy) is 5. The van der Waals surface area contributed by atoms with Gasteiger partial charge in [0.15, 0.2) is 0 Å². The number of hydrogen-bond acceptors (Lipinski definition) is 8. The Hall–Kier alpha value is -1.42. The van der Waals surface area contributed by atoms with Crippen molar-refractivity contribution in [2.75, 3.05) is 83.2 Å². The predicted octanol–water partition coefficient (Wildman–Crippen LogP) is 2.18. The van der Waals surface area contributed by atoms with Gasteiger partial charge in [0.2, 0.25) is 0 Å². The van der Waals surface area contributed by atoms with Crippen LogP contribution in [0.4, 0.5) is 11.4 Å². The molecule has 1 aromatic rings. The van der Waals surface area contributed by atoms with Gasteiger partial charge in [-0.15, -0.1) is 0 Å². The summed E-state index contributed by atoms with van der Waals surface area (Å²) in [6, 6.07) is 4.29. The fourth-order valence-corrected chi connectivity index (χ4v) is 3.62. The Morgan fingerprint density at radius 1 is 0.968 bits per heavy atom. The Balaban J connectivity index is 1.89. The van der Waals surface area contributed by atoms with Crippen molar-refractivity contribution in [3.05, 3.63) is 23.3 Å². The lowest BCUT2D eigenvalue weighted by molar-refractivity contribution is -0.0144. The first-order valence-corrected chi connectivity index (χ1v) is 11.3. The van der Waals surface area contributed by atoms with Crippen molar-refractivity contribution in [2.24, 2.45) is 0 Å². The van der Waals surface area contributed by atoms with E-state index in [4.69, 9.17) is 34.5 Å². The van der Waals surface area contributed by atoms with E-state index in [9.17, 15) is 0 Å². The van der Waals surface area contributed by atoms with Crippen LogP contribution in [-0.2, 0) is 30.1 Å². The summed E-state index contributed by atoms with van der Waals surface area (Å²) in [7, 11) is 0. The molecular weight excluding hydrogens is 400 g/mol. The van der Waals surface area contributed by atoms with E-state index in [0.29, 0.717) is 65.4 Å². The monoisotopic (exact) mass is 440 g/mol. The molecule has 0 saturated carbocycles. The molecule has 0 aromatic heterocycles. The SMILES string of the molecule is CCOCCOCCN1c2cc(C(C)C)c(N)cc2CC1OCCOCCOCCO. The molecule has 0 saturated heterocycles. The molecule has 2 rings (SSSR count). The topological polar surface area (TPSA) is 95.6 Å². The quantitative estimate of drug-likeness (QED) is 0.281. The summed E-state index contributed by atoms with van der Waals surface area (Å²) in [5.41, 5.74) is 10.7. The number of nitrogens with zero attached hydrogens (tertiary/aromatic N) is 1. The third kappa shape index (κ3) is 8.56. The second kappa shape index (κ2) is 14.6. The molecule has 0 fully saturated rings. The number of nitrogens with two attached hydrogens (primary N) is 1. The van der Waals surface area contributed by atoms with Crippen molar-refractivity contribution in [3.8, 4) is 0 Å². The van der Waals surface area contributed by atoms with E-state index < -0.39 is 0 Å². The molecular formula is C23H40N2O6. The Morgan fingerprint density at radius 2 is 1.61 bits per heavy atom. The van der Waals surface area contributed by atoms with E-state index in [1.54, 1.807) is 0 Å².